The van der Waals surface area contributed by atoms with E-state index in [-0.39, 0.29) is 41.2 Å². The normalized spacial score (nSPS) is 20.4. The van der Waals surface area contributed by atoms with Crippen LogP contribution in [-0.2, 0) is 9.53 Å². The van der Waals surface area contributed by atoms with Crippen molar-refractivity contribution in [3.8, 4) is 0 Å². The Kier molecular flexibility index (Phi) is 8.32. The van der Waals surface area contributed by atoms with Gasteiger partial charge in [0.05, 0.1) is 24.9 Å². The maximum atomic E-state index is 14.9. The SMILES string of the molecule is CN=CC(=C(N)C(F)F)c1ccc(N=C(N)C2=C(N[C@@H]3CCOC3)CCN(C(C)=O)C2)c(F)c1. The highest BCUT2D eigenvalue weighted by atomic mass is 19.3. The van der Waals surface area contributed by atoms with E-state index in [1.165, 1.54) is 26.1 Å². The standard InChI is InChI=1S/C23H29F3N6O2/c1-13(33)32-7-5-19(30-15-6-8-34-12-15)17(11-32)23(28)31-20-4-3-14(9-18(20)24)16(10-29-2)21(27)22(25)26/h3-4,9-10,15,22,30H,5-8,11-12,27H2,1-2H3,(H2,28,31)/t15-/m1/s1. The van der Waals surface area contributed by atoms with Crippen LogP contribution in [0, 0.1) is 5.82 Å². The molecule has 3 rings (SSSR count). The van der Waals surface area contributed by atoms with Crippen LogP contribution in [0.4, 0.5) is 18.9 Å². The van der Waals surface area contributed by atoms with Crippen molar-refractivity contribution < 1.29 is 22.7 Å². The molecule has 0 radical (unpaired) electrons. The van der Waals surface area contributed by atoms with Gasteiger partial charge in [-0.1, -0.05) is 6.07 Å². The zero-order valence-corrected chi connectivity index (χ0v) is 19.2. The molecule has 1 aromatic rings. The molecule has 0 aliphatic carbocycles. The second-order valence-corrected chi connectivity index (χ2v) is 8.07. The van der Waals surface area contributed by atoms with Crippen LogP contribution in [0.15, 0.2) is 45.2 Å². The summed E-state index contributed by atoms with van der Waals surface area (Å²) in [6.45, 7) is 3.48. The Balaban J connectivity index is 1.95. The molecule has 184 valence electrons. The summed E-state index contributed by atoms with van der Waals surface area (Å²) in [6.07, 6.45) is -0.357. The van der Waals surface area contributed by atoms with E-state index in [0.717, 1.165) is 24.4 Å². The number of benzene rings is 1. The summed E-state index contributed by atoms with van der Waals surface area (Å²) in [5, 5.41) is 3.43. The number of nitrogens with zero attached hydrogens (tertiary/aromatic N) is 3. The zero-order valence-electron chi connectivity index (χ0n) is 19.2. The molecule has 1 aromatic carbocycles. The van der Waals surface area contributed by atoms with Gasteiger partial charge >= 0.3 is 0 Å². The second kappa shape index (κ2) is 11.2. The van der Waals surface area contributed by atoms with Crippen molar-refractivity contribution in [3.05, 3.63) is 46.5 Å². The van der Waals surface area contributed by atoms with E-state index in [4.69, 9.17) is 16.2 Å². The largest absolute Gasteiger partial charge is 0.397 e. The van der Waals surface area contributed by atoms with Gasteiger partial charge in [-0.2, -0.15) is 0 Å². The summed E-state index contributed by atoms with van der Waals surface area (Å²) in [5.41, 5.74) is 12.5. The minimum atomic E-state index is -2.91. The molecule has 0 bridgehead atoms. The third-order valence-corrected chi connectivity index (χ3v) is 5.71. The summed E-state index contributed by atoms with van der Waals surface area (Å²) in [7, 11) is 1.40. The predicted octanol–water partition coefficient (Wildman–Crippen LogP) is 2.33. The van der Waals surface area contributed by atoms with Gasteiger partial charge in [0.15, 0.2) is 0 Å². The van der Waals surface area contributed by atoms with Gasteiger partial charge in [0.25, 0.3) is 6.43 Å². The van der Waals surface area contributed by atoms with Crippen LogP contribution in [0.3, 0.4) is 0 Å². The first kappa shape index (κ1) is 25.3. The highest BCUT2D eigenvalue weighted by Gasteiger charge is 2.26. The Labute approximate surface area is 196 Å². The van der Waals surface area contributed by atoms with Crippen molar-refractivity contribution in [1.29, 1.82) is 0 Å². The quantitative estimate of drug-likeness (QED) is 0.411. The van der Waals surface area contributed by atoms with Gasteiger partial charge in [-0.05, 0) is 24.1 Å². The number of ether oxygens (including phenoxy) is 1. The molecule has 2 aliphatic heterocycles. The molecule has 0 unspecified atom stereocenters. The van der Waals surface area contributed by atoms with Crippen LogP contribution >= 0.6 is 0 Å². The molecule has 1 fully saturated rings. The van der Waals surface area contributed by atoms with Gasteiger partial charge in [-0.25, -0.2) is 18.2 Å². The first-order valence-electron chi connectivity index (χ1n) is 10.9. The topological polar surface area (TPSA) is 118 Å². The molecule has 2 aliphatic rings. The number of amidine groups is 1. The van der Waals surface area contributed by atoms with Crippen LogP contribution in [-0.4, -0.2) is 68.7 Å². The van der Waals surface area contributed by atoms with E-state index in [0.29, 0.717) is 31.8 Å². The Morgan fingerprint density at radius 3 is 2.71 bits per heavy atom. The van der Waals surface area contributed by atoms with E-state index in [1.54, 1.807) is 4.90 Å². The monoisotopic (exact) mass is 478 g/mol. The second-order valence-electron chi connectivity index (χ2n) is 8.07. The Morgan fingerprint density at radius 1 is 1.35 bits per heavy atom. The van der Waals surface area contributed by atoms with Crippen molar-refractivity contribution in [1.82, 2.24) is 10.2 Å². The molecule has 2 heterocycles. The molecule has 34 heavy (non-hydrogen) atoms. The number of aliphatic imine (C=N–C) groups is 2. The summed E-state index contributed by atoms with van der Waals surface area (Å²) >= 11 is 0. The average molecular weight is 479 g/mol. The van der Waals surface area contributed by atoms with Crippen LogP contribution in [0.1, 0.15) is 25.3 Å². The molecule has 8 nitrogen and oxygen atoms in total. The van der Waals surface area contributed by atoms with Crippen molar-refractivity contribution >= 4 is 29.2 Å². The van der Waals surface area contributed by atoms with Gasteiger partial charge < -0.3 is 26.4 Å². The lowest BCUT2D eigenvalue weighted by Crippen LogP contribution is -2.43. The molecular formula is C23H29F3N6O2. The number of amides is 1. The zero-order chi connectivity index (χ0) is 24.8. The highest BCUT2D eigenvalue weighted by Crippen LogP contribution is 2.26. The maximum Gasteiger partial charge on any atom is 0.278 e. The third-order valence-electron chi connectivity index (χ3n) is 5.71. The van der Waals surface area contributed by atoms with Crippen molar-refractivity contribution in [2.75, 3.05) is 33.4 Å². The fourth-order valence-corrected chi connectivity index (χ4v) is 3.85. The van der Waals surface area contributed by atoms with Gasteiger partial charge in [-0.15, -0.1) is 0 Å². The molecule has 0 spiro atoms. The number of carbonyl (C=O) groups is 1. The van der Waals surface area contributed by atoms with Crippen LogP contribution in [0.2, 0.25) is 0 Å². The van der Waals surface area contributed by atoms with E-state index in [1.807, 2.05) is 0 Å². The number of carbonyl (C=O) groups excluding carboxylic acids is 1. The molecule has 1 amide bonds. The average Bonchev–Trinajstić information content (AvgIpc) is 3.31. The summed E-state index contributed by atoms with van der Waals surface area (Å²) in [5.74, 6) is -0.794. The molecule has 5 N–H and O–H groups in total. The number of nitrogens with two attached hydrogens (primary N) is 2. The van der Waals surface area contributed by atoms with Crippen LogP contribution < -0.4 is 16.8 Å². The van der Waals surface area contributed by atoms with E-state index in [2.05, 4.69) is 15.3 Å². The fourth-order valence-electron chi connectivity index (χ4n) is 3.85. The Bertz CT molecular complexity index is 1050. The van der Waals surface area contributed by atoms with Crippen LogP contribution in [0.25, 0.3) is 5.57 Å². The lowest BCUT2D eigenvalue weighted by molar-refractivity contribution is -0.128. The fraction of sp³-hybridized carbons (Fsp3) is 0.435. The minimum Gasteiger partial charge on any atom is -0.397 e. The Morgan fingerprint density at radius 2 is 2.12 bits per heavy atom. The van der Waals surface area contributed by atoms with E-state index >= 15 is 0 Å². The van der Waals surface area contributed by atoms with Gasteiger partial charge in [0.2, 0.25) is 5.91 Å². The molecule has 1 atom stereocenters. The third kappa shape index (κ3) is 5.96. The van der Waals surface area contributed by atoms with E-state index < -0.39 is 17.9 Å². The first-order chi connectivity index (χ1) is 16.2. The lowest BCUT2D eigenvalue weighted by Gasteiger charge is -2.31. The van der Waals surface area contributed by atoms with Crippen molar-refractivity contribution in [3.63, 3.8) is 0 Å². The number of allylic oxidation sites excluding steroid dienone is 2. The van der Waals surface area contributed by atoms with Crippen LogP contribution in [0.5, 0.6) is 0 Å². The summed E-state index contributed by atoms with van der Waals surface area (Å²) < 4.78 is 46.5. The molecule has 1 saturated heterocycles. The van der Waals surface area contributed by atoms with Crippen molar-refractivity contribution in [2.24, 2.45) is 21.5 Å². The number of rotatable bonds is 7. The Hall–Kier alpha value is -3.34. The van der Waals surface area contributed by atoms with E-state index in [9.17, 15) is 18.0 Å². The molecular weight excluding hydrogens is 449 g/mol. The van der Waals surface area contributed by atoms with Gasteiger partial charge in [-0.3, -0.25) is 9.79 Å². The first-order valence-corrected chi connectivity index (χ1v) is 10.9. The van der Waals surface area contributed by atoms with Crippen molar-refractivity contribution in [2.45, 2.75) is 32.2 Å². The maximum absolute atomic E-state index is 14.9. The number of alkyl halides is 2. The molecule has 0 saturated carbocycles. The number of hydrogen-bond acceptors (Lipinski definition) is 6. The lowest BCUT2D eigenvalue weighted by atomic mass is 10.0. The summed E-state index contributed by atoms with van der Waals surface area (Å²) in [4.78, 5) is 21.6. The smallest absolute Gasteiger partial charge is 0.278 e. The highest BCUT2D eigenvalue weighted by molar-refractivity contribution is 6.11. The number of halogens is 3. The predicted molar refractivity (Wildman–Crippen MR) is 125 cm³/mol. The number of nitrogens with one attached hydrogen (secondary N) is 1. The van der Waals surface area contributed by atoms with Gasteiger partial charge in [0, 0.05) is 56.6 Å². The molecule has 11 heteroatoms. The summed E-state index contributed by atoms with van der Waals surface area (Å²) in [6, 6.07) is 3.95. The minimum absolute atomic E-state index is 0.0667. The number of hydrogen-bond donors (Lipinski definition) is 3. The molecule has 0 aromatic heterocycles. The van der Waals surface area contributed by atoms with Gasteiger partial charge in [0.1, 0.15) is 17.3 Å².